The minimum absolute atomic E-state index is 0.329. The Labute approximate surface area is 160 Å². The van der Waals surface area contributed by atoms with E-state index in [1.54, 1.807) is 0 Å². The SMILES string of the molecule is c1ccc2c(C[C@H]3CN[C@H](Cc4cccc5ccccc45)N3)cccc2c1. The molecule has 0 bridgehead atoms. The van der Waals surface area contributed by atoms with Gasteiger partial charge in [-0.3, -0.25) is 5.32 Å². The normalized spacial score (nSPS) is 19.7. The van der Waals surface area contributed by atoms with Gasteiger partial charge in [-0.25, -0.2) is 0 Å². The van der Waals surface area contributed by atoms with Crippen LogP contribution in [-0.4, -0.2) is 18.8 Å². The van der Waals surface area contributed by atoms with Crippen molar-refractivity contribution in [2.75, 3.05) is 6.54 Å². The van der Waals surface area contributed by atoms with E-state index >= 15 is 0 Å². The third kappa shape index (κ3) is 3.34. The average molecular weight is 352 g/mol. The minimum atomic E-state index is 0.329. The van der Waals surface area contributed by atoms with Gasteiger partial charge in [-0.1, -0.05) is 84.9 Å². The van der Waals surface area contributed by atoms with Gasteiger partial charge in [-0.05, 0) is 39.1 Å². The molecule has 1 saturated heterocycles. The molecule has 1 heterocycles. The molecule has 27 heavy (non-hydrogen) atoms. The van der Waals surface area contributed by atoms with E-state index in [4.69, 9.17) is 0 Å². The zero-order valence-corrected chi connectivity index (χ0v) is 15.4. The summed E-state index contributed by atoms with van der Waals surface area (Å²) >= 11 is 0. The number of benzene rings is 4. The highest BCUT2D eigenvalue weighted by molar-refractivity contribution is 5.86. The van der Waals surface area contributed by atoms with Crippen molar-refractivity contribution >= 4 is 21.5 Å². The molecule has 5 rings (SSSR count). The fourth-order valence-corrected chi connectivity index (χ4v) is 4.38. The molecule has 0 amide bonds. The lowest BCUT2D eigenvalue weighted by Gasteiger charge is -2.16. The molecule has 2 N–H and O–H groups in total. The van der Waals surface area contributed by atoms with Gasteiger partial charge in [-0.15, -0.1) is 0 Å². The van der Waals surface area contributed by atoms with Gasteiger partial charge in [-0.2, -0.15) is 0 Å². The first-order valence-electron chi connectivity index (χ1n) is 9.79. The monoisotopic (exact) mass is 352 g/mol. The van der Waals surface area contributed by atoms with Crippen LogP contribution in [0.3, 0.4) is 0 Å². The molecule has 0 spiro atoms. The minimum Gasteiger partial charge on any atom is -0.300 e. The van der Waals surface area contributed by atoms with E-state index in [-0.39, 0.29) is 0 Å². The number of rotatable bonds is 4. The third-order valence-corrected chi connectivity index (χ3v) is 5.70. The summed E-state index contributed by atoms with van der Waals surface area (Å²) in [4.78, 5) is 0. The lowest BCUT2D eigenvalue weighted by Crippen LogP contribution is -2.36. The predicted molar refractivity (Wildman–Crippen MR) is 114 cm³/mol. The lowest BCUT2D eigenvalue weighted by molar-refractivity contribution is 0.517. The van der Waals surface area contributed by atoms with Gasteiger partial charge in [0, 0.05) is 19.0 Å². The Morgan fingerprint density at radius 3 is 1.85 bits per heavy atom. The van der Waals surface area contributed by atoms with Crippen molar-refractivity contribution in [3.05, 3.63) is 96.1 Å². The molecule has 1 fully saturated rings. The van der Waals surface area contributed by atoms with Crippen molar-refractivity contribution in [3.63, 3.8) is 0 Å². The van der Waals surface area contributed by atoms with E-state index in [0.717, 1.165) is 19.4 Å². The van der Waals surface area contributed by atoms with E-state index in [1.807, 2.05) is 0 Å². The second kappa shape index (κ2) is 7.15. The molecule has 0 unspecified atom stereocenters. The van der Waals surface area contributed by atoms with Crippen LogP contribution >= 0.6 is 0 Å². The summed E-state index contributed by atoms with van der Waals surface area (Å²) < 4.78 is 0. The molecule has 4 aromatic rings. The van der Waals surface area contributed by atoms with Crippen LogP contribution in [0.1, 0.15) is 11.1 Å². The van der Waals surface area contributed by atoms with Crippen molar-refractivity contribution < 1.29 is 0 Å². The molecule has 2 atom stereocenters. The number of nitrogens with one attached hydrogen (secondary N) is 2. The van der Waals surface area contributed by atoms with Crippen molar-refractivity contribution in [3.8, 4) is 0 Å². The summed E-state index contributed by atoms with van der Waals surface area (Å²) in [5.74, 6) is 0. The Morgan fingerprint density at radius 1 is 0.630 bits per heavy atom. The number of hydrogen-bond acceptors (Lipinski definition) is 2. The van der Waals surface area contributed by atoms with Gasteiger partial charge >= 0.3 is 0 Å². The molecule has 2 nitrogen and oxygen atoms in total. The molecule has 2 heteroatoms. The maximum absolute atomic E-state index is 3.81. The van der Waals surface area contributed by atoms with Crippen LogP contribution in [-0.2, 0) is 12.8 Å². The zero-order chi connectivity index (χ0) is 18.1. The molecule has 0 aliphatic carbocycles. The maximum Gasteiger partial charge on any atom is 0.0616 e. The highest BCUT2D eigenvalue weighted by Gasteiger charge is 2.24. The van der Waals surface area contributed by atoms with Crippen LogP contribution in [0.4, 0.5) is 0 Å². The Kier molecular flexibility index (Phi) is 4.36. The zero-order valence-electron chi connectivity index (χ0n) is 15.4. The number of fused-ring (bicyclic) bond motifs is 2. The highest BCUT2D eigenvalue weighted by Crippen LogP contribution is 2.22. The lowest BCUT2D eigenvalue weighted by atomic mass is 9.99. The molecule has 0 aromatic heterocycles. The third-order valence-electron chi connectivity index (χ3n) is 5.70. The van der Waals surface area contributed by atoms with E-state index < -0.39 is 0 Å². The maximum atomic E-state index is 3.81. The quantitative estimate of drug-likeness (QED) is 0.558. The molecule has 0 saturated carbocycles. The van der Waals surface area contributed by atoms with Gasteiger partial charge in [0.2, 0.25) is 0 Å². The van der Waals surface area contributed by atoms with Crippen LogP contribution < -0.4 is 10.6 Å². The highest BCUT2D eigenvalue weighted by atomic mass is 15.2. The summed E-state index contributed by atoms with van der Waals surface area (Å²) in [5, 5.41) is 12.9. The summed E-state index contributed by atoms with van der Waals surface area (Å²) in [7, 11) is 0. The predicted octanol–water partition coefficient (Wildman–Crippen LogP) is 4.67. The summed E-state index contributed by atoms with van der Waals surface area (Å²) in [6.45, 7) is 1.01. The summed E-state index contributed by atoms with van der Waals surface area (Å²) in [6, 6.07) is 31.1. The Morgan fingerprint density at radius 2 is 1.19 bits per heavy atom. The Bertz CT molecular complexity index is 988. The van der Waals surface area contributed by atoms with Gasteiger partial charge in [0.25, 0.3) is 0 Å². The molecular formula is C25H24N2. The van der Waals surface area contributed by atoms with Gasteiger partial charge in [0.15, 0.2) is 0 Å². The van der Waals surface area contributed by atoms with Gasteiger partial charge in [0.1, 0.15) is 0 Å². The number of hydrogen-bond donors (Lipinski definition) is 2. The van der Waals surface area contributed by atoms with Crippen molar-refractivity contribution in [1.29, 1.82) is 0 Å². The van der Waals surface area contributed by atoms with Crippen LogP contribution in [0.5, 0.6) is 0 Å². The largest absolute Gasteiger partial charge is 0.300 e. The van der Waals surface area contributed by atoms with Crippen molar-refractivity contribution in [2.45, 2.75) is 25.0 Å². The topological polar surface area (TPSA) is 24.1 Å². The second-order valence-corrected chi connectivity index (χ2v) is 7.51. The summed E-state index contributed by atoms with van der Waals surface area (Å²) in [6.07, 6.45) is 2.39. The standard InChI is InChI=1S/C25H24N2/c1-3-13-23-18(7-1)9-5-11-20(23)15-22-17-26-25(27-22)16-21-12-6-10-19-8-2-4-14-24(19)21/h1-14,22,25-27H,15-17H2/t22-,25-/m0/s1. The first-order chi connectivity index (χ1) is 13.4. The first kappa shape index (κ1) is 16.5. The van der Waals surface area contributed by atoms with E-state index in [9.17, 15) is 0 Å². The van der Waals surface area contributed by atoms with Gasteiger partial charge < -0.3 is 5.32 Å². The first-order valence-corrected chi connectivity index (χ1v) is 9.79. The molecule has 1 aliphatic rings. The smallest absolute Gasteiger partial charge is 0.0616 e. The Hall–Kier alpha value is -2.68. The van der Waals surface area contributed by atoms with E-state index in [2.05, 4.69) is 95.6 Å². The van der Waals surface area contributed by atoms with Crippen LogP contribution in [0.2, 0.25) is 0 Å². The fraction of sp³-hybridized carbons (Fsp3) is 0.200. The molecule has 4 aromatic carbocycles. The summed E-state index contributed by atoms with van der Waals surface area (Å²) in [5.41, 5.74) is 2.84. The van der Waals surface area contributed by atoms with Crippen LogP contribution in [0.15, 0.2) is 84.9 Å². The van der Waals surface area contributed by atoms with Crippen LogP contribution in [0, 0.1) is 0 Å². The molecule has 0 radical (unpaired) electrons. The van der Waals surface area contributed by atoms with E-state index in [0.29, 0.717) is 12.2 Å². The van der Waals surface area contributed by atoms with Crippen molar-refractivity contribution in [2.24, 2.45) is 0 Å². The van der Waals surface area contributed by atoms with Crippen molar-refractivity contribution in [1.82, 2.24) is 10.6 Å². The van der Waals surface area contributed by atoms with Gasteiger partial charge in [0.05, 0.1) is 6.17 Å². The average Bonchev–Trinajstić information content (AvgIpc) is 3.15. The molecule has 134 valence electrons. The molecular weight excluding hydrogens is 328 g/mol. The second-order valence-electron chi connectivity index (χ2n) is 7.51. The van der Waals surface area contributed by atoms with Crippen LogP contribution in [0.25, 0.3) is 21.5 Å². The Balaban J connectivity index is 1.31. The fourth-order valence-electron chi connectivity index (χ4n) is 4.38. The van der Waals surface area contributed by atoms with E-state index in [1.165, 1.54) is 32.7 Å². The molecule has 1 aliphatic heterocycles.